The van der Waals surface area contributed by atoms with Gasteiger partial charge in [-0.1, -0.05) is 12.1 Å². The lowest BCUT2D eigenvalue weighted by molar-refractivity contribution is 0.1000. The second-order valence-electron chi connectivity index (χ2n) is 5.21. The zero-order chi connectivity index (χ0) is 16.3. The van der Waals surface area contributed by atoms with E-state index in [-0.39, 0.29) is 10.6 Å². The van der Waals surface area contributed by atoms with Crippen molar-refractivity contribution in [1.29, 1.82) is 0 Å². The van der Waals surface area contributed by atoms with Crippen LogP contribution in [0.3, 0.4) is 0 Å². The van der Waals surface area contributed by atoms with Gasteiger partial charge in [-0.2, -0.15) is 0 Å². The molecule has 0 saturated heterocycles. The van der Waals surface area contributed by atoms with Gasteiger partial charge in [0.15, 0.2) is 9.84 Å². The third kappa shape index (κ3) is 3.85. The van der Waals surface area contributed by atoms with Crippen LogP contribution in [0.15, 0.2) is 47.4 Å². The molecule has 0 unspecified atom stereocenters. The molecule has 0 saturated carbocycles. The van der Waals surface area contributed by atoms with Crippen molar-refractivity contribution in [3.8, 4) is 0 Å². The van der Waals surface area contributed by atoms with Gasteiger partial charge in [0, 0.05) is 11.3 Å². The van der Waals surface area contributed by atoms with Crippen molar-refractivity contribution >= 4 is 21.4 Å². The molecule has 0 fully saturated rings. The normalized spacial score (nSPS) is 11.3. The van der Waals surface area contributed by atoms with E-state index in [9.17, 15) is 13.2 Å². The molecule has 2 aromatic rings. The molecule has 0 aliphatic carbocycles. The molecule has 6 heteroatoms. The molecule has 22 heavy (non-hydrogen) atoms. The van der Waals surface area contributed by atoms with Crippen LogP contribution in [0.1, 0.15) is 21.5 Å². The fourth-order valence-corrected chi connectivity index (χ4v) is 3.63. The summed E-state index contributed by atoms with van der Waals surface area (Å²) >= 11 is 0. The summed E-state index contributed by atoms with van der Waals surface area (Å²) in [5.74, 6) is -0.589. The van der Waals surface area contributed by atoms with E-state index in [2.05, 4.69) is 0 Å². The Morgan fingerprint density at radius 1 is 1.14 bits per heavy atom. The van der Waals surface area contributed by atoms with Crippen molar-refractivity contribution in [2.45, 2.75) is 18.2 Å². The van der Waals surface area contributed by atoms with Crippen molar-refractivity contribution in [2.75, 3.05) is 11.5 Å². The first-order valence-corrected chi connectivity index (χ1v) is 8.42. The summed E-state index contributed by atoms with van der Waals surface area (Å²) in [6.45, 7) is 1.80. The van der Waals surface area contributed by atoms with Crippen LogP contribution in [-0.4, -0.2) is 20.1 Å². The first-order valence-electron chi connectivity index (χ1n) is 6.76. The van der Waals surface area contributed by atoms with Gasteiger partial charge in [-0.15, -0.1) is 0 Å². The number of amides is 1. The highest BCUT2D eigenvalue weighted by Gasteiger charge is 2.15. The van der Waals surface area contributed by atoms with Crippen LogP contribution in [0, 0.1) is 6.92 Å². The summed E-state index contributed by atoms with van der Waals surface area (Å²) in [7, 11) is -3.43. The monoisotopic (exact) mass is 318 g/mol. The third-order valence-electron chi connectivity index (χ3n) is 3.30. The molecule has 0 aromatic heterocycles. The van der Waals surface area contributed by atoms with Gasteiger partial charge in [0.1, 0.15) is 0 Å². The zero-order valence-corrected chi connectivity index (χ0v) is 13.1. The van der Waals surface area contributed by atoms with Crippen LogP contribution in [-0.2, 0) is 16.3 Å². The number of carbonyl (C=O) groups is 1. The Balaban J connectivity index is 2.19. The van der Waals surface area contributed by atoms with Gasteiger partial charge in [0.2, 0.25) is 5.91 Å². The molecule has 116 valence electrons. The zero-order valence-electron chi connectivity index (χ0n) is 12.2. The van der Waals surface area contributed by atoms with E-state index in [0.717, 1.165) is 11.1 Å². The SMILES string of the molecule is Cc1cc(N)cc(S(=O)(=O)CCc2cccc(C(N)=O)c2)c1. The van der Waals surface area contributed by atoms with Crippen LogP contribution in [0.25, 0.3) is 0 Å². The first-order chi connectivity index (χ1) is 10.3. The van der Waals surface area contributed by atoms with Crippen LogP contribution in [0.5, 0.6) is 0 Å². The standard InChI is InChI=1S/C16H18N2O3S/c1-11-7-14(17)10-15(8-11)22(20,21)6-5-12-3-2-4-13(9-12)16(18)19/h2-4,7-10H,5-6,17H2,1H3,(H2,18,19). The molecular formula is C16H18N2O3S. The lowest BCUT2D eigenvalue weighted by Gasteiger charge is -2.07. The van der Waals surface area contributed by atoms with Gasteiger partial charge >= 0.3 is 0 Å². The molecular weight excluding hydrogens is 300 g/mol. The van der Waals surface area contributed by atoms with Crippen LogP contribution >= 0.6 is 0 Å². The Labute approximate surface area is 129 Å². The molecule has 0 aliphatic rings. The number of anilines is 1. The Morgan fingerprint density at radius 2 is 1.86 bits per heavy atom. The molecule has 2 aromatic carbocycles. The van der Waals surface area contributed by atoms with Crippen LogP contribution in [0.2, 0.25) is 0 Å². The van der Waals surface area contributed by atoms with Crippen LogP contribution < -0.4 is 11.5 Å². The van der Waals surface area contributed by atoms with Crippen molar-refractivity contribution in [3.63, 3.8) is 0 Å². The van der Waals surface area contributed by atoms with Crippen LogP contribution in [0.4, 0.5) is 5.69 Å². The van der Waals surface area contributed by atoms with Crippen molar-refractivity contribution < 1.29 is 13.2 Å². The molecule has 2 rings (SSSR count). The maximum Gasteiger partial charge on any atom is 0.248 e. The molecule has 0 bridgehead atoms. The van der Waals surface area contributed by atoms with Gasteiger partial charge in [0.05, 0.1) is 10.6 Å². The van der Waals surface area contributed by atoms with Gasteiger partial charge in [-0.3, -0.25) is 4.79 Å². The third-order valence-corrected chi connectivity index (χ3v) is 5.00. The molecule has 1 amide bonds. The predicted molar refractivity (Wildman–Crippen MR) is 86.3 cm³/mol. The molecule has 0 spiro atoms. The minimum Gasteiger partial charge on any atom is -0.399 e. The quantitative estimate of drug-likeness (QED) is 0.819. The average molecular weight is 318 g/mol. The van der Waals surface area contributed by atoms with Gasteiger partial charge < -0.3 is 11.5 Å². The second-order valence-corrected chi connectivity index (χ2v) is 7.32. The first kappa shape index (κ1) is 16.0. The largest absolute Gasteiger partial charge is 0.399 e. The molecule has 0 radical (unpaired) electrons. The summed E-state index contributed by atoms with van der Waals surface area (Å²) < 4.78 is 24.8. The Morgan fingerprint density at radius 3 is 2.50 bits per heavy atom. The molecule has 0 heterocycles. The lowest BCUT2D eigenvalue weighted by Crippen LogP contribution is -2.13. The van der Waals surface area contributed by atoms with E-state index < -0.39 is 15.7 Å². The summed E-state index contributed by atoms with van der Waals surface area (Å²) in [5, 5.41) is 0. The minimum atomic E-state index is -3.43. The van der Waals surface area contributed by atoms with E-state index in [4.69, 9.17) is 11.5 Å². The second kappa shape index (κ2) is 6.19. The van der Waals surface area contributed by atoms with E-state index in [1.807, 2.05) is 0 Å². The van der Waals surface area contributed by atoms with Crippen molar-refractivity contribution in [2.24, 2.45) is 5.73 Å². The average Bonchev–Trinajstić information content (AvgIpc) is 2.44. The maximum atomic E-state index is 12.4. The maximum absolute atomic E-state index is 12.4. The minimum absolute atomic E-state index is 0.0574. The number of rotatable bonds is 5. The summed E-state index contributed by atoms with van der Waals surface area (Å²) in [6, 6.07) is 11.5. The number of primary amides is 1. The van der Waals surface area contributed by atoms with Gasteiger partial charge in [-0.05, 0) is 54.8 Å². The topological polar surface area (TPSA) is 103 Å². The smallest absolute Gasteiger partial charge is 0.248 e. The van der Waals surface area contributed by atoms with E-state index in [0.29, 0.717) is 17.7 Å². The number of nitrogens with two attached hydrogens (primary N) is 2. The highest BCUT2D eigenvalue weighted by atomic mass is 32.2. The molecule has 0 aliphatic heterocycles. The van der Waals surface area contributed by atoms with Gasteiger partial charge in [-0.25, -0.2) is 8.42 Å². The molecule has 0 atom stereocenters. The summed E-state index contributed by atoms with van der Waals surface area (Å²) in [5.41, 5.74) is 13.3. The number of aryl methyl sites for hydroxylation is 2. The Kier molecular flexibility index (Phi) is 4.51. The fraction of sp³-hybridized carbons (Fsp3) is 0.188. The van der Waals surface area contributed by atoms with E-state index >= 15 is 0 Å². The van der Waals surface area contributed by atoms with Crippen molar-refractivity contribution in [3.05, 3.63) is 59.2 Å². The highest BCUT2D eigenvalue weighted by Crippen LogP contribution is 2.19. The fourth-order valence-electron chi connectivity index (χ4n) is 2.21. The number of sulfone groups is 1. The Bertz CT molecular complexity index is 794. The summed E-state index contributed by atoms with van der Waals surface area (Å²) in [4.78, 5) is 11.4. The number of hydrogen-bond acceptors (Lipinski definition) is 4. The highest BCUT2D eigenvalue weighted by molar-refractivity contribution is 7.91. The van der Waals surface area contributed by atoms with E-state index in [1.54, 1.807) is 43.3 Å². The summed E-state index contributed by atoms with van der Waals surface area (Å²) in [6.07, 6.45) is 0.303. The number of hydrogen-bond donors (Lipinski definition) is 2. The predicted octanol–water partition coefficient (Wildman–Crippen LogP) is 1.69. The number of carbonyl (C=O) groups excluding carboxylic acids is 1. The van der Waals surface area contributed by atoms with Gasteiger partial charge in [0.25, 0.3) is 0 Å². The molecule has 5 nitrogen and oxygen atoms in total. The van der Waals surface area contributed by atoms with E-state index in [1.165, 1.54) is 6.07 Å². The number of nitrogen functional groups attached to an aromatic ring is 1. The Hall–Kier alpha value is -2.34. The lowest BCUT2D eigenvalue weighted by atomic mass is 10.1. The van der Waals surface area contributed by atoms with Crippen molar-refractivity contribution in [1.82, 2.24) is 0 Å². The molecule has 4 N–H and O–H groups in total. The number of benzene rings is 2.